The van der Waals surface area contributed by atoms with Gasteiger partial charge in [-0.05, 0) is 13.3 Å². The highest BCUT2D eigenvalue weighted by molar-refractivity contribution is 5.36. The molecule has 98 valence electrons. The van der Waals surface area contributed by atoms with Crippen molar-refractivity contribution in [3.8, 4) is 5.82 Å². The minimum Gasteiger partial charge on any atom is -0.382 e. The lowest BCUT2D eigenvalue weighted by atomic mass is 10.4. The number of hydrogen-bond acceptors (Lipinski definition) is 4. The van der Waals surface area contributed by atoms with Crippen LogP contribution in [0.25, 0.3) is 5.82 Å². The first-order valence-corrected chi connectivity index (χ1v) is 6.16. The molecule has 6 heteroatoms. The third kappa shape index (κ3) is 3.10. The maximum Gasteiger partial charge on any atom is 0.208 e. The molecule has 2 heterocycles. The number of aryl methyl sites for hydroxylation is 1. The van der Waals surface area contributed by atoms with E-state index in [2.05, 4.69) is 15.4 Å². The van der Waals surface area contributed by atoms with Gasteiger partial charge in [0.05, 0.1) is 0 Å². The molecule has 1 N–H and O–H groups in total. The number of ether oxygens (including phenoxy) is 1. The highest BCUT2D eigenvalue weighted by Gasteiger charge is 2.06. The van der Waals surface area contributed by atoms with Gasteiger partial charge in [-0.2, -0.15) is 5.10 Å². The van der Waals surface area contributed by atoms with Gasteiger partial charge in [0.2, 0.25) is 5.95 Å². The third-order valence-electron chi connectivity index (χ3n) is 2.54. The van der Waals surface area contributed by atoms with Crippen LogP contribution in [0, 0.1) is 0 Å². The topological polar surface area (TPSA) is 56.9 Å². The van der Waals surface area contributed by atoms with Crippen LogP contribution in [0.5, 0.6) is 0 Å². The summed E-state index contributed by atoms with van der Waals surface area (Å²) < 4.78 is 8.99. The average molecular weight is 249 g/mol. The molecule has 0 unspecified atom stereocenters. The zero-order valence-corrected chi connectivity index (χ0v) is 10.8. The summed E-state index contributed by atoms with van der Waals surface area (Å²) in [5.74, 6) is 1.67. The van der Waals surface area contributed by atoms with Gasteiger partial charge in [-0.3, -0.25) is 9.25 Å². The van der Waals surface area contributed by atoms with Gasteiger partial charge in [-0.15, -0.1) is 0 Å². The van der Waals surface area contributed by atoms with Crippen molar-refractivity contribution >= 4 is 5.95 Å². The van der Waals surface area contributed by atoms with Crippen LogP contribution in [0.1, 0.15) is 13.3 Å². The van der Waals surface area contributed by atoms with Gasteiger partial charge in [-0.25, -0.2) is 4.98 Å². The Morgan fingerprint density at radius 3 is 3.00 bits per heavy atom. The van der Waals surface area contributed by atoms with Crippen LogP contribution in [0.3, 0.4) is 0 Å². The van der Waals surface area contributed by atoms with Crippen LogP contribution in [-0.4, -0.2) is 39.1 Å². The van der Waals surface area contributed by atoms with Gasteiger partial charge in [0.1, 0.15) is 0 Å². The molecule has 2 aromatic rings. The van der Waals surface area contributed by atoms with E-state index >= 15 is 0 Å². The van der Waals surface area contributed by atoms with Crippen LogP contribution in [-0.2, 0) is 11.8 Å². The molecule has 0 aromatic carbocycles. The quantitative estimate of drug-likeness (QED) is 0.754. The zero-order chi connectivity index (χ0) is 12.8. The molecule has 0 atom stereocenters. The molecule has 0 fully saturated rings. The van der Waals surface area contributed by atoms with Gasteiger partial charge in [-0.1, -0.05) is 0 Å². The van der Waals surface area contributed by atoms with Crippen LogP contribution in [0.2, 0.25) is 0 Å². The minimum absolute atomic E-state index is 0.766. The predicted octanol–water partition coefficient (Wildman–Crippen LogP) is 1.44. The Kier molecular flexibility index (Phi) is 4.35. The van der Waals surface area contributed by atoms with E-state index in [1.165, 1.54) is 0 Å². The molecule has 0 radical (unpaired) electrons. The molecule has 0 aliphatic carbocycles. The lowest BCUT2D eigenvalue weighted by molar-refractivity contribution is 0.147. The van der Waals surface area contributed by atoms with Crippen molar-refractivity contribution in [1.82, 2.24) is 19.3 Å². The van der Waals surface area contributed by atoms with E-state index in [-0.39, 0.29) is 0 Å². The van der Waals surface area contributed by atoms with Crippen molar-refractivity contribution in [1.29, 1.82) is 0 Å². The van der Waals surface area contributed by atoms with Crippen molar-refractivity contribution in [3.05, 3.63) is 24.7 Å². The van der Waals surface area contributed by atoms with Gasteiger partial charge >= 0.3 is 0 Å². The number of anilines is 1. The lowest BCUT2D eigenvalue weighted by Gasteiger charge is -2.07. The summed E-state index contributed by atoms with van der Waals surface area (Å²) in [7, 11) is 1.90. The Morgan fingerprint density at radius 2 is 2.28 bits per heavy atom. The van der Waals surface area contributed by atoms with Gasteiger partial charge < -0.3 is 10.1 Å². The summed E-state index contributed by atoms with van der Waals surface area (Å²) in [6.45, 7) is 4.38. The molecule has 2 aromatic heterocycles. The maximum atomic E-state index is 5.29. The minimum atomic E-state index is 0.766. The molecule has 0 bridgehead atoms. The molecule has 0 saturated heterocycles. The number of imidazole rings is 1. The molecule has 0 aliphatic heterocycles. The first-order chi connectivity index (χ1) is 8.81. The molecule has 18 heavy (non-hydrogen) atoms. The summed E-state index contributed by atoms with van der Waals surface area (Å²) in [6.07, 6.45) is 6.53. The summed E-state index contributed by atoms with van der Waals surface area (Å²) >= 11 is 0. The van der Waals surface area contributed by atoms with E-state index in [0.717, 1.165) is 37.9 Å². The Morgan fingerprint density at radius 1 is 1.39 bits per heavy atom. The van der Waals surface area contributed by atoms with Crippen LogP contribution >= 0.6 is 0 Å². The van der Waals surface area contributed by atoms with Gasteiger partial charge in [0, 0.05) is 51.5 Å². The molecule has 0 amide bonds. The second-order valence-corrected chi connectivity index (χ2v) is 3.95. The van der Waals surface area contributed by atoms with Gasteiger partial charge in [0.15, 0.2) is 5.82 Å². The highest BCUT2D eigenvalue weighted by atomic mass is 16.5. The smallest absolute Gasteiger partial charge is 0.208 e. The van der Waals surface area contributed by atoms with Crippen LogP contribution in [0.4, 0.5) is 5.95 Å². The Labute approximate surface area is 107 Å². The number of aromatic nitrogens is 4. The van der Waals surface area contributed by atoms with E-state index in [0.29, 0.717) is 0 Å². The monoisotopic (exact) mass is 249 g/mol. The van der Waals surface area contributed by atoms with Crippen LogP contribution < -0.4 is 5.32 Å². The lowest BCUT2D eigenvalue weighted by Crippen LogP contribution is -2.10. The third-order valence-corrected chi connectivity index (χ3v) is 2.54. The molecule has 2 rings (SSSR count). The summed E-state index contributed by atoms with van der Waals surface area (Å²) in [6, 6.07) is 1.95. The zero-order valence-electron chi connectivity index (χ0n) is 10.8. The first-order valence-electron chi connectivity index (χ1n) is 6.16. The number of rotatable bonds is 7. The maximum absolute atomic E-state index is 5.29. The molecule has 0 spiro atoms. The number of hydrogen-bond donors (Lipinski definition) is 1. The van der Waals surface area contributed by atoms with Crippen molar-refractivity contribution in [3.63, 3.8) is 0 Å². The SMILES string of the molecule is CCOCCCNc1nccn1-c1ccn(C)n1. The number of nitrogens with zero attached hydrogens (tertiary/aromatic N) is 4. The standard InChI is InChI=1S/C12H19N5O/c1-3-18-10-4-6-13-12-14-7-9-17(12)11-5-8-16(2)15-11/h5,7-9H,3-4,6,10H2,1-2H3,(H,13,14). The summed E-state index contributed by atoms with van der Waals surface area (Å²) in [5.41, 5.74) is 0. The van der Waals surface area contributed by atoms with E-state index < -0.39 is 0 Å². The van der Waals surface area contributed by atoms with Crippen molar-refractivity contribution < 1.29 is 4.74 Å². The van der Waals surface area contributed by atoms with E-state index in [4.69, 9.17) is 4.74 Å². The second kappa shape index (κ2) is 6.20. The normalized spacial score (nSPS) is 10.8. The highest BCUT2D eigenvalue weighted by Crippen LogP contribution is 2.11. The van der Waals surface area contributed by atoms with Crippen molar-refractivity contribution in [2.75, 3.05) is 25.1 Å². The van der Waals surface area contributed by atoms with Gasteiger partial charge in [0.25, 0.3) is 0 Å². The second-order valence-electron chi connectivity index (χ2n) is 3.95. The average Bonchev–Trinajstić information content (AvgIpc) is 2.97. The number of nitrogens with one attached hydrogen (secondary N) is 1. The fraction of sp³-hybridized carbons (Fsp3) is 0.500. The fourth-order valence-corrected chi connectivity index (χ4v) is 1.67. The van der Waals surface area contributed by atoms with Crippen molar-refractivity contribution in [2.24, 2.45) is 7.05 Å². The summed E-state index contributed by atoms with van der Waals surface area (Å²) in [4.78, 5) is 4.28. The largest absolute Gasteiger partial charge is 0.382 e. The molecule has 0 aliphatic rings. The van der Waals surface area contributed by atoms with Crippen LogP contribution in [0.15, 0.2) is 24.7 Å². The molecular formula is C12H19N5O. The molecular weight excluding hydrogens is 230 g/mol. The Bertz CT molecular complexity index is 476. The predicted molar refractivity (Wildman–Crippen MR) is 69.9 cm³/mol. The fourth-order valence-electron chi connectivity index (χ4n) is 1.67. The molecule has 6 nitrogen and oxygen atoms in total. The van der Waals surface area contributed by atoms with E-state index in [9.17, 15) is 0 Å². The first kappa shape index (κ1) is 12.6. The van der Waals surface area contributed by atoms with E-state index in [1.807, 2.05) is 37.0 Å². The molecule has 0 saturated carbocycles. The summed E-state index contributed by atoms with van der Waals surface area (Å²) in [5, 5.41) is 7.63. The van der Waals surface area contributed by atoms with Crippen molar-refractivity contribution in [2.45, 2.75) is 13.3 Å². The Hall–Kier alpha value is -1.82. The van der Waals surface area contributed by atoms with E-state index in [1.54, 1.807) is 10.9 Å². The Balaban J connectivity index is 1.92.